The number of fused-ring (bicyclic) bond motifs is 2. The van der Waals surface area contributed by atoms with Crippen molar-refractivity contribution in [1.29, 1.82) is 0 Å². The van der Waals surface area contributed by atoms with E-state index in [0.29, 0.717) is 37.5 Å². The van der Waals surface area contributed by atoms with E-state index in [9.17, 15) is 39.0 Å². The summed E-state index contributed by atoms with van der Waals surface area (Å²) in [6.07, 6.45) is 7.44. The van der Waals surface area contributed by atoms with Crippen LogP contribution in [-0.2, 0) is 0 Å². The van der Waals surface area contributed by atoms with Crippen LogP contribution in [0.25, 0.3) is 0 Å². The molecule has 0 radical (unpaired) electrons. The van der Waals surface area contributed by atoms with Crippen LogP contribution in [0.2, 0.25) is 0 Å². The van der Waals surface area contributed by atoms with Crippen molar-refractivity contribution < 1.29 is 39.0 Å². The second-order valence-corrected chi connectivity index (χ2v) is 11.7. The van der Waals surface area contributed by atoms with Gasteiger partial charge in [-0.2, -0.15) is 0 Å². The van der Waals surface area contributed by atoms with Crippen molar-refractivity contribution in [3.63, 3.8) is 0 Å². The fourth-order valence-corrected chi connectivity index (χ4v) is 7.20. The van der Waals surface area contributed by atoms with Gasteiger partial charge in [-0.25, -0.2) is 9.59 Å². The fraction of sp³-hybridized carbons (Fsp3) is 0.419. The Labute approximate surface area is 235 Å². The number of amides is 4. The van der Waals surface area contributed by atoms with E-state index in [1.165, 1.54) is 46.2 Å². The Morgan fingerprint density at radius 1 is 0.561 bits per heavy atom. The van der Waals surface area contributed by atoms with Gasteiger partial charge in [0, 0.05) is 12.1 Å². The Morgan fingerprint density at radius 2 is 0.902 bits per heavy atom. The van der Waals surface area contributed by atoms with Crippen LogP contribution in [-0.4, -0.2) is 67.7 Å². The van der Waals surface area contributed by atoms with Crippen LogP contribution in [0.1, 0.15) is 120 Å². The zero-order chi connectivity index (χ0) is 29.0. The first-order chi connectivity index (χ1) is 19.6. The highest BCUT2D eigenvalue weighted by atomic mass is 16.4. The molecular formula is C31H30N2O8. The molecule has 6 rings (SSSR count). The van der Waals surface area contributed by atoms with Gasteiger partial charge in [-0.3, -0.25) is 29.0 Å². The van der Waals surface area contributed by atoms with Gasteiger partial charge in [-0.05, 0) is 106 Å². The van der Waals surface area contributed by atoms with Gasteiger partial charge >= 0.3 is 11.9 Å². The zero-order valence-corrected chi connectivity index (χ0v) is 22.4. The summed E-state index contributed by atoms with van der Waals surface area (Å²) in [4.78, 5) is 77.2. The topological polar surface area (TPSA) is 149 Å². The second kappa shape index (κ2) is 10.2. The van der Waals surface area contributed by atoms with Crippen LogP contribution in [0.15, 0.2) is 36.4 Å². The maximum absolute atomic E-state index is 13.0. The predicted molar refractivity (Wildman–Crippen MR) is 144 cm³/mol. The number of hydrogen-bond acceptors (Lipinski definition) is 6. The summed E-state index contributed by atoms with van der Waals surface area (Å²) >= 11 is 0. The second-order valence-electron chi connectivity index (χ2n) is 11.7. The fourth-order valence-electron chi connectivity index (χ4n) is 7.20. The minimum absolute atomic E-state index is 0.0134. The number of carboxylic acid groups (broad SMARTS) is 2. The number of carbonyl (C=O) groups is 6. The van der Waals surface area contributed by atoms with Gasteiger partial charge < -0.3 is 10.2 Å². The van der Waals surface area contributed by atoms with Crippen LogP contribution >= 0.6 is 0 Å². The highest BCUT2D eigenvalue weighted by molar-refractivity contribution is 6.23. The minimum Gasteiger partial charge on any atom is -0.478 e. The summed E-state index contributed by atoms with van der Waals surface area (Å²) in [6.45, 7) is 0. The molecule has 10 heteroatoms. The first-order valence-electron chi connectivity index (χ1n) is 14.1. The molecule has 0 unspecified atom stereocenters. The van der Waals surface area contributed by atoms with Crippen LogP contribution in [0.3, 0.4) is 0 Å². The van der Waals surface area contributed by atoms with E-state index >= 15 is 0 Å². The van der Waals surface area contributed by atoms with Crippen molar-refractivity contribution in [3.8, 4) is 0 Å². The standard InChI is InChI=1S/C31H30N2O8/c34-26-22-11-5-18(30(38)39)14-24(22)28(36)32(26)20-7-1-16(2-8-20)13-17-3-9-21(10-4-17)33-27(35)23-12-6-19(31(40)41)15-25(23)29(33)37/h5-6,11-12,14-17,20-21H,1-4,7-10,13H2,(H,38,39)(H,40,41). The first-order valence-corrected chi connectivity index (χ1v) is 14.1. The third kappa shape index (κ3) is 4.61. The molecule has 2 aliphatic carbocycles. The quantitative estimate of drug-likeness (QED) is 0.493. The third-order valence-corrected chi connectivity index (χ3v) is 9.36. The molecule has 4 amide bonds. The molecular weight excluding hydrogens is 528 g/mol. The normalized spacial score (nSPS) is 25.9. The van der Waals surface area contributed by atoms with E-state index in [-0.39, 0.29) is 57.3 Å². The van der Waals surface area contributed by atoms with Crippen molar-refractivity contribution >= 4 is 35.6 Å². The van der Waals surface area contributed by atoms with Crippen molar-refractivity contribution in [2.45, 2.75) is 69.9 Å². The number of carbonyl (C=O) groups excluding carboxylic acids is 4. The average molecular weight is 559 g/mol. The summed E-state index contributed by atoms with van der Waals surface area (Å²) in [6, 6.07) is 7.74. The van der Waals surface area contributed by atoms with E-state index in [0.717, 1.165) is 32.1 Å². The largest absolute Gasteiger partial charge is 0.478 e. The lowest BCUT2D eigenvalue weighted by atomic mass is 9.75. The van der Waals surface area contributed by atoms with Gasteiger partial charge in [0.1, 0.15) is 0 Å². The average Bonchev–Trinajstić information content (AvgIpc) is 3.37. The molecule has 2 fully saturated rings. The molecule has 2 aromatic rings. The minimum atomic E-state index is -1.14. The Bertz CT molecular complexity index is 1390. The maximum Gasteiger partial charge on any atom is 0.335 e. The molecule has 212 valence electrons. The number of hydrogen-bond donors (Lipinski definition) is 2. The van der Waals surface area contributed by atoms with Crippen LogP contribution < -0.4 is 0 Å². The van der Waals surface area contributed by atoms with Crippen molar-refractivity contribution in [2.24, 2.45) is 11.8 Å². The number of imide groups is 2. The molecule has 2 saturated carbocycles. The molecule has 0 bridgehead atoms. The zero-order valence-electron chi connectivity index (χ0n) is 22.4. The maximum atomic E-state index is 13.0. The van der Waals surface area contributed by atoms with E-state index in [4.69, 9.17) is 0 Å². The summed E-state index contributed by atoms with van der Waals surface area (Å²) in [5, 5.41) is 18.5. The number of benzene rings is 2. The molecule has 2 N–H and O–H groups in total. The van der Waals surface area contributed by atoms with E-state index < -0.39 is 23.8 Å². The molecule has 41 heavy (non-hydrogen) atoms. The Hall–Kier alpha value is -4.34. The van der Waals surface area contributed by atoms with Crippen molar-refractivity contribution in [2.75, 3.05) is 0 Å². The third-order valence-electron chi connectivity index (χ3n) is 9.36. The van der Waals surface area contributed by atoms with Gasteiger partial charge in [0.2, 0.25) is 0 Å². The van der Waals surface area contributed by atoms with Crippen LogP contribution in [0, 0.1) is 11.8 Å². The van der Waals surface area contributed by atoms with Crippen LogP contribution in [0.5, 0.6) is 0 Å². The Balaban J connectivity index is 1.01. The number of nitrogens with zero attached hydrogens (tertiary/aromatic N) is 2. The van der Waals surface area contributed by atoms with Gasteiger partial charge in [-0.15, -0.1) is 0 Å². The van der Waals surface area contributed by atoms with Gasteiger partial charge in [-0.1, -0.05) is 0 Å². The van der Waals surface area contributed by atoms with Gasteiger partial charge in [0.05, 0.1) is 33.4 Å². The summed E-state index contributed by atoms with van der Waals surface area (Å²) in [5.74, 6) is -2.87. The SMILES string of the molecule is O=C(O)c1ccc2c(c1)C(=O)N(C1CCC(CC3CCC(N4C(=O)c5ccc(C(=O)O)cc5C4=O)CC3)CC1)C2=O. The smallest absolute Gasteiger partial charge is 0.335 e. The molecule has 10 nitrogen and oxygen atoms in total. The lowest BCUT2D eigenvalue weighted by Gasteiger charge is -2.37. The first kappa shape index (κ1) is 26.9. The summed E-state index contributed by atoms with van der Waals surface area (Å²) in [7, 11) is 0. The van der Waals surface area contributed by atoms with Gasteiger partial charge in [0.25, 0.3) is 23.6 Å². The molecule has 2 heterocycles. The Kier molecular flexibility index (Phi) is 6.71. The lowest BCUT2D eigenvalue weighted by molar-refractivity contribution is 0.0508. The molecule has 0 aromatic heterocycles. The molecule has 0 saturated heterocycles. The molecule has 2 aromatic carbocycles. The number of rotatable bonds is 6. The predicted octanol–water partition coefficient (Wildman–Crippen LogP) is 4.48. The van der Waals surface area contributed by atoms with E-state index in [2.05, 4.69) is 0 Å². The van der Waals surface area contributed by atoms with Crippen molar-refractivity contribution in [3.05, 3.63) is 69.8 Å². The lowest BCUT2D eigenvalue weighted by Crippen LogP contribution is -2.43. The Morgan fingerprint density at radius 3 is 1.24 bits per heavy atom. The highest BCUT2D eigenvalue weighted by Crippen LogP contribution is 2.40. The van der Waals surface area contributed by atoms with Crippen LogP contribution in [0.4, 0.5) is 0 Å². The summed E-state index contributed by atoms with van der Waals surface area (Å²) < 4.78 is 0. The van der Waals surface area contributed by atoms with E-state index in [1.807, 2.05) is 0 Å². The molecule has 0 atom stereocenters. The van der Waals surface area contributed by atoms with Gasteiger partial charge in [0.15, 0.2) is 0 Å². The number of carboxylic acids is 2. The molecule has 0 spiro atoms. The molecule has 2 aliphatic heterocycles. The monoisotopic (exact) mass is 558 g/mol. The highest BCUT2D eigenvalue weighted by Gasteiger charge is 2.43. The number of aromatic carboxylic acids is 2. The summed E-state index contributed by atoms with van der Waals surface area (Å²) in [5.41, 5.74) is 0.822. The molecule has 4 aliphatic rings. The van der Waals surface area contributed by atoms with Crippen molar-refractivity contribution in [1.82, 2.24) is 9.80 Å². The van der Waals surface area contributed by atoms with E-state index in [1.54, 1.807) is 0 Å².